The van der Waals surface area contributed by atoms with Crippen molar-refractivity contribution >= 4 is 81.3 Å². The molecule has 0 unspecified atom stereocenters. The van der Waals surface area contributed by atoms with Gasteiger partial charge in [-0.2, -0.15) is 0 Å². The molecule has 0 radical (unpaired) electrons. The highest BCUT2D eigenvalue weighted by Crippen LogP contribution is 2.55. The van der Waals surface area contributed by atoms with E-state index in [0.717, 1.165) is 33.6 Å². The lowest BCUT2D eigenvalue weighted by molar-refractivity contribution is 0.660. The lowest BCUT2D eigenvalue weighted by Gasteiger charge is -2.29. The molecule has 2 aliphatic rings. The molecule has 13 rings (SSSR count). The van der Waals surface area contributed by atoms with Gasteiger partial charge < -0.3 is 9.32 Å². The minimum absolute atomic E-state index is 0.105. The molecule has 290 valence electrons. The van der Waals surface area contributed by atoms with Gasteiger partial charge in [0.05, 0.1) is 5.69 Å². The lowest BCUT2D eigenvalue weighted by Crippen LogP contribution is -2.17. The molecule has 0 bridgehead atoms. The smallest absolute Gasteiger partial charge is 0.144 e. The predicted octanol–water partition coefficient (Wildman–Crippen LogP) is 16.9. The van der Waals surface area contributed by atoms with E-state index in [0.29, 0.717) is 0 Å². The Morgan fingerprint density at radius 2 is 1.10 bits per heavy atom. The molecule has 9 aromatic carbocycles. The second kappa shape index (κ2) is 12.3. The first-order valence-corrected chi connectivity index (χ1v) is 22.2. The lowest BCUT2D eigenvalue weighted by atomic mass is 9.79. The SMILES string of the molecule is CC1(C)c2ccccc2-c2ccc(N(c3ccc(-c4cccc5c4C(C)(C)c4ccccc4-5)cc3)c3cccc4sc5ccc6c(oc7ccc8ccccc8c76)c5c34)cc21. The Labute approximate surface area is 358 Å². The highest BCUT2D eigenvalue weighted by atomic mass is 32.1. The average Bonchev–Trinajstić information content (AvgIpc) is 4.00. The number of anilines is 3. The summed E-state index contributed by atoms with van der Waals surface area (Å²) in [7, 11) is 0. The van der Waals surface area contributed by atoms with E-state index in [1.807, 2.05) is 11.3 Å². The zero-order valence-electron chi connectivity index (χ0n) is 34.5. The highest BCUT2D eigenvalue weighted by molar-refractivity contribution is 7.26. The molecule has 0 fully saturated rings. The number of hydrogen-bond donors (Lipinski definition) is 0. The first kappa shape index (κ1) is 34.9. The standard InChI is InChI=1S/C58H41NOS/c1-57(2)45-19-9-7-15-40(45)42-29-28-37(33-47(42)57)59(36-26-23-35(24-27-36)39-17-11-18-43-41-16-8-10-20-46(41)58(3,4)55(39)43)48-21-12-22-50-53(48)54-51(61-50)32-30-44-52-38-14-6-5-13-34(38)25-31-49(52)60-56(44)54/h5-33H,1-4H3. The minimum atomic E-state index is -0.139. The molecule has 11 aromatic rings. The van der Waals surface area contributed by atoms with Crippen LogP contribution in [0.2, 0.25) is 0 Å². The molecule has 0 saturated carbocycles. The molecular formula is C58H41NOS. The van der Waals surface area contributed by atoms with E-state index in [4.69, 9.17) is 4.42 Å². The molecule has 0 N–H and O–H groups in total. The number of rotatable bonds is 4. The van der Waals surface area contributed by atoms with Crippen LogP contribution in [0.1, 0.15) is 49.9 Å². The van der Waals surface area contributed by atoms with Gasteiger partial charge in [0.1, 0.15) is 11.2 Å². The van der Waals surface area contributed by atoms with Crippen LogP contribution in [0.15, 0.2) is 180 Å². The molecule has 0 saturated heterocycles. The van der Waals surface area contributed by atoms with E-state index in [2.05, 4.69) is 209 Å². The number of furan rings is 1. The summed E-state index contributed by atoms with van der Waals surface area (Å²) in [5.74, 6) is 0. The van der Waals surface area contributed by atoms with E-state index in [1.165, 1.54) is 92.0 Å². The normalized spacial score (nSPS) is 14.5. The van der Waals surface area contributed by atoms with Crippen molar-refractivity contribution in [1.82, 2.24) is 0 Å². The fourth-order valence-corrected chi connectivity index (χ4v) is 12.3. The van der Waals surface area contributed by atoms with Crippen LogP contribution in [-0.4, -0.2) is 0 Å². The molecule has 2 nitrogen and oxygen atoms in total. The fraction of sp³-hybridized carbons (Fsp3) is 0.103. The van der Waals surface area contributed by atoms with Crippen LogP contribution in [-0.2, 0) is 10.8 Å². The van der Waals surface area contributed by atoms with E-state index in [-0.39, 0.29) is 10.8 Å². The van der Waals surface area contributed by atoms with Crippen LogP contribution >= 0.6 is 11.3 Å². The monoisotopic (exact) mass is 799 g/mol. The summed E-state index contributed by atoms with van der Waals surface area (Å²) >= 11 is 1.84. The molecule has 2 aliphatic carbocycles. The van der Waals surface area contributed by atoms with Crippen LogP contribution in [0.4, 0.5) is 17.1 Å². The fourth-order valence-electron chi connectivity index (χ4n) is 11.2. The maximum Gasteiger partial charge on any atom is 0.144 e. The van der Waals surface area contributed by atoms with Gasteiger partial charge in [0.15, 0.2) is 0 Å². The third-order valence-electron chi connectivity index (χ3n) is 14.0. The topological polar surface area (TPSA) is 16.4 Å². The van der Waals surface area contributed by atoms with Gasteiger partial charge in [-0.05, 0) is 121 Å². The van der Waals surface area contributed by atoms with E-state index in [1.54, 1.807) is 0 Å². The number of thiophene rings is 1. The number of nitrogens with zero attached hydrogens (tertiary/aromatic N) is 1. The van der Waals surface area contributed by atoms with Gasteiger partial charge in [-0.1, -0.05) is 149 Å². The van der Waals surface area contributed by atoms with Gasteiger partial charge in [0.2, 0.25) is 0 Å². The molecular weight excluding hydrogens is 759 g/mol. The summed E-state index contributed by atoms with van der Waals surface area (Å²) in [6, 6.07) is 65.4. The van der Waals surface area contributed by atoms with Crippen molar-refractivity contribution < 1.29 is 4.42 Å². The van der Waals surface area contributed by atoms with Crippen LogP contribution in [0.3, 0.4) is 0 Å². The van der Waals surface area contributed by atoms with Crippen molar-refractivity contribution in [3.8, 4) is 33.4 Å². The average molecular weight is 800 g/mol. The number of benzene rings is 9. The van der Waals surface area contributed by atoms with Crippen molar-refractivity contribution in [2.45, 2.75) is 38.5 Å². The molecule has 0 amide bonds. The first-order valence-electron chi connectivity index (χ1n) is 21.3. The quantitative estimate of drug-likeness (QED) is 0.176. The molecule has 61 heavy (non-hydrogen) atoms. The van der Waals surface area contributed by atoms with Gasteiger partial charge in [-0.25, -0.2) is 0 Å². The number of fused-ring (bicyclic) bond motifs is 15. The van der Waals surface area contributed by atoms with E-state index < -0.39 is 0 Å². The van der Waals surface area contributed by atoms with Gasteiger partial charge in [-0.3, -0.25) is 0 Å². The van der Waals surface area contributed by atoms with Crippen LogP contribution in [0.5, 0.6) is 0 Å². The van der Waals surface area contributed by atoms with Crippen molar-refractivity contribution in [3.05, 3.63) is 198 Å². The Kier molecular flexibility index (Phi) is 7.04. The van der Waals surface area contributed by atoms with Crippen LogP contribution in [0, 0.1) is 0 Å². The largest absolute Gasteiger partial charge is 0.455 e. The Balaban J connectivity index is 1.05. The summed E-state index contributed by atoms with van der Waals surface area (Å²) in [6.45, 7) is 9.48. The van der Waals surface area contributed by atoms with Crippen LogP contribution in [0.25, 0.3) is 86.3 Å². The Hall–Kier alpha value is -6.94. The van der Waals surface area contributed by atoms with Gasteiger partial charge in [-0.15, -0.1) is 11.3 Å². The Morgan fingerprint density at radius 1 is 0.443 bits per heavy atom. The van der Waals surface area contributed by atoms with Crippen LogP contribution < -0.4 is 4.90 Å². The predicted molar refractivity (Wildman–Crippen MR) is 259 cm³/mol. The van der Waals surface area contributed by atoms with Gasteiger partial charge in [0, 0.05) is 53.1 Å². The summed E-state index contributed by atoms with van der Waals surface area (Å²) in [5.41, 5.74) is 18.4. The third kappa shape index (κ3) is 4.73. The third-order valence-corrected chi connectivity index (χ3v) is 15.2. The molecule has 0 atom stereocenters. The molecule has 0 aliphatic heterocycles. The molecule has 2 aromatic heterocycles. The summed E-state index contributed by atoms with van der Waals surface area (Å²) in [4.78, 5) is 2.49. The highest BCUT2D eigenvalue weighted by Gasteiger charge is 2.38. The van der Waals surface area contributed by atoms with Crippen molar-refractivity contribution in [3.63, 3.8) is 0 Å². The maximum absolute atomic E-state index is 6.94. The maximum atomic E-state index is 6.94. The van der Waals surface area contributed by atoms with Crippen molar-refractivity contribution in [1.29, 1.82) is 0 Å². The van der Waals surface area contributed by atoms with Crippen molar-refractivity contribution in [2.24, 2.45) is 0 Å². The number of hydrogen-bond acceptors (Lipinski definition) is 3. The molecule has 0 spiro atoms. The van der Waals surface area contributed by atoms with Gasteiger partial charge in [0.25, 0.3) is 0 Å². The van der Waals surface area contributed by atoms with E-state index >= 15 is 0 Å². The first-order chi connectivity index (χ1) is 29.8. The summed E-state index contributed by atoms with van der Waals surface area (Å²) < 4.78 is 9.40. The second-order valence-electron chi connectivity index (χ2n) is 18.0. The molecule has 2 heterocycles. The zero-order chi connectivity index (χ0) is 40.8. The molecule has 3 heteroatoms. The van der Waals surface area contributed by atoms with E-state index in [9.17, 15) is 0 Å². The Bertz CT molecular complexity index is 3650. The zero-order valence-corrected chi connectivity index (χ0v) is 35.3. The summed E-state index contributed by atoms with van der Waals surface area (Å²) in [6.07, 6.45) is 0. The Morgan fingerprint density at radius 3 is 1.93 bits per heavy atom. The minimum Gasteiger partial charge on any atom is -0.455 e. The van der Waals surface area contributed by atoms with Gasteiger partial charge >= 0.3 is 0 Å². The summed E-state index contributed by atoms with van der Waals surface area (Å²) in [5, 5.41) is 7.16. The van der Waals surface area contributed by atoms with Crippen molar-refractivity contribution in [2.75, 3.05) is 4.90 Å². The second-order valence-corrected chi connectivity index (χ2v) is 19.1.